The number of hydrogen-bond acceptors (Lipinski definition) is 4. The average Bonchev–Trinajstić information content (AvgIpc) is 2.52. The molecule has 0 saturated heterocycles. The second-order valence-corrected chi connectivity index (χ2v) is 4.30. The van der Waals surface area contributed by atoms with E-state index in [-0.39, 0.29) is 6.10 Å². The molecule has 4 nitrogen and oxygen atoms in total. The van der Waals surface area contributed by atoms with Crippen molar-refractivity contribution >= 4 is 5.97 Å². The highest BCUT2D eigenvalue weighted by molar-refractivity contribution is 5.71. The predicted molar refractivity (Wildman–Crippen MR) is 60.8 cm³/mol. The average molecular weight is 231 g/mol. The number of nitrogens with zero attached hydrogens (tertiary/aromatic N) is 1. The summed E-state index contributed by atoms with van der Waals surface area (Å²) in [7, 11) is 0. The second-order valence-electron chi connectivity index (χ2n) is 4.30. The molecule has 1 aliphatic rings. The van der Waals surface area contributed by atoms with Crippen molar-refractivity contribution in [2.24, 2.45) is 0 Å². The van der Waals surface area contributed by atoms with Gasteiger partial charge in [0.1, 0.15) is 23.0 Å². The van der Waals surface area contributed by atoms with E-state index >= 15 is 0 Å². The number of nitriles is 1. The molecule has 0 radical (unpaired) electrons. The summed E-state index contributed by atoms with van der Waals surface area (Å²) in [4.78, 5) is 11.0. The Hall–Kier alpha value is -2.02. The SMILES string of the molecule is CC(=O)Oc1cccc2c1[C@@](C)(C#N)[C@@H](C)O2. The van der Waals surface area contributed by atoms with Crippen LogP contribution in [0.4, 0.5) is 0 Å². The van der Waals surface area contributed by atoms with E-state index < -0.39 is 11.4 Å². The molecular weight excluding hydrogens is 218 g/mol. The lowest BCUT2D eigenvalue weighted by Gasteiger charge is -2.20. The first kappa shape index (κ1) is 11.5. The Morgan fingerprint density at radius 3 is 2.88 bits per heavy atom. The Morgan fingerprint density at radius 2 is 2.29 bits per heavy atom. The van der Waals surface area contributed by atoms with Crippen molar-refractivity contribution in [2.75, 3.05) is 0 Å². The molecule has 0 bridgehead atoms. The van der Waals surface area contributed by atoms with Crippen molar-refractivity contribution in [1.82, 2.24) is 0 Å². The van der Waals surface area contributed by atoms with E-state index in [0.717, 1.165) is 0 Å². The quantitative estimate of drug-likeness (QED) is 0.549. The highest BCUT2D eigenvalue weighted by Gasteiger charge is 2.45. The van der Waals surface area contributed by atoms with E-state index in [9.17, 15) is 10.1 Å². The number of rotatable bonds is 1. The molecule has 0 unspecified atom stereocenters. The van der Waals surface area contributed by atoms with Crippen molar-refractivity contribution in [3.8, 4) is 17.6 Å². The van der Waals surface area contributed by atoms with Gasteiger partial charge in [0.2, 0.25) is 0 Å². The molecule has 1 aromatic carbocycles. The Kier molecular flexibility index (Phi) is 2.55. The number of esters is 1. The van der Waals surface area contributed by atoms with Crippen LogP contribution in [0.3, 0.4) is 0 Å². The van der Waals surface area contributed by atoms with Crippen LogP contribution in [0.5, 0.6) is 11.5 Å². The van der Waals surface area contributed by atoms with Gasteiger partial charge in [0, 0.05) is 6.92 Å². The number of carbonyl (C=O) groups is 1. The van der Waals surface area contributed by atoms with Gasteiger partial charge >= 0.3 is 5.97 Å². The van der Waals surface area contributed by atoms with Crippen molar-refractivity contribution in [3.63, 3.8) is 0 Å². The molecule has 1 heterocycles. The van der Waals surface area contributed by atoms with Crippen LogP contribution in [0.2, 0.25) is 0 Å². The number of hydrogen-bond donors (Lipinski definition) is 0. The Labute approximate surface area is 99.8 Å². The number of carbonyl (C=O) groups excluding carboxylic acids is 1. The molecule has 0 saturated carbocycles. The summed E-state index contributed by atoms with van der Waals surface area (Å²) in [5.41, 5.74) is -0.133. The maximum absolute atomic E-state index is 11.0. The van der Waals surface area contributed by atoms with Gasteiger partial charge in [-0.1, -0.05) is 6.07 Å². The molecule has 0 aromatic heterocycles. The number of benzene rings is 1. The van der Waals surface area contributed by atoms with Crippen LogP contribution in [0.1, 0.15) is 26.3 Å². The van der Waals surface area contributed by atoms with Crippen LogP contribution in [0.25, 0.3) is 0 Å². The lowest BCUT2D eigenvalue weighted by Crippen LogP contribution is -2.31. The molecule has 4 heteroatoms. The fourth-order valence-corrected chi connectivity index (χ4v) is 2.02. The van der Waals surface area contributed by atoms with E-state index in [4.69, 9.17) is 9.47 Å². The molecular formula is C13H13NO3. The molecule has 0 amide bonds. The summed E-state index contributed by atoms with van der Waals surface area (Å²) < 4.78 is 10.8. The van der Waals surface area contributed by atoms with Crippen molar-refractivity contribution in [3.05, 3.63) is 23.8 Å². The lowest BCUT2D eigenvalue weighted by atomic mass is 9.80. The predicted octanol–water partition coefficient (Wildman–Crippen LogP) is 2.17. The normalized spacial score (nSPS) is 25.6. The molecule has 88 valence electrons. The monoisotopic (exact) mass is 231 g/mol. The third-order valence-electron chi connectivity index (χ3n) is 3.11. The first-order valence-corrected chi connectivity index (χ1v) is 5.39. The smallest absolute Gasteiger partial charge is 0.308 e. The van der Waals surface area contributed by atoms with Gasteiger partial charge in [-0.3, -0.25) is 4.79 Å². The number of ether oxygens (including phenoxy) is 2. The van der Waals surface area contributed by atoms with E-state index in [1.165, 1.54) is 6.92 Å². The van der Waals surface area contributed by atoms with Crippen LogP contribution in [-0.2, 0) is 10.2 Å². The topological polar surface area (TPSA) is 59.3 Å². The third-order valence-corrected chi connectivity index (χ3v) is 3.11. The molecule has 0 fully saturated rings. The van der Waals surface area contributed by atoms with Gasteiger partial charge < -0.3 is 9.47 Å². The van der Waals surface area contributed by atoms with E-state index in [1.807, 2.05) is 6.92 Å². The molecule has 1 aromatic rings. The first-order valence-electron chi connectivity index (χ1n) is 5.39. The minimum absolute atomic E-state index is 0.265. The summed E-state index contributed by atoms with van der Waals surface area (Å²) >= 11 is 0. The molecule has 0 spiro atoms. The van der Waals surface area contributed by atoms with Gasteiger partial charge in [-0.25, -0.2) is 0 Å². The molecule has 1 aliphatic heterocycles. The zero-order valence-corrected chi connectivity index (χ0v) is 9.98. The van der Waals surface area contributed by atoms with Gasteiger partial charge in [-0.15, -0.1) is 0 Å². The minimum Gasteiger partial charge on any atom is -0.488 e. The van der Waals surface area contributed by atoms with Crippen molar-refractivity contribution < 1.29 is 14.3 Å². The number of fused-ring (bicyclic) bond motifs is 1. The summed E-state index contributed by atoms with van der Waals surface area (Å²) in [5.74, 6) is 0.613. The van der Waals surface area contributed by atoms with Gasteiger partial charge in [0.25, 0.3) is 0 Å². The van der Waals surface area contributed by atoms with E-state index in [1.54, 1.807) is 25.1 Å². The van der Waals surface area contributed by atoms with Gasteiger partial charge in [0.05, 0.1) is 11.6 Å². The Morgan fingerprint density at radius 1 is 1.59 bits per heavy atom. The summed E-state index contributed by atoms with van der Waals surface area (Å²) in [5, 5.41) is 9.33. The first-order chi connectivity index (χ1) is 7.99. The molecule has 0 aliphatic carbocycles. The van der Waals surface area contributed by atoms with Crippen molar-refractivity contribution in [2.45, 2.75) is 32.3 Å². The standard InChI is InChI=1S/C13H13NO3/c1-8-13(3,7-14)12-10(16-8)5-4-6-11(12)17-9(2)15/h4-6,8H,1-3H3/t8-,13+/m1/s1. The second kappa shape index (κ2) is 3.77. The molecule has 2 rings (SSSR count). The maximum atomic E-state index is 11.0. The van der Waals surface area contributed by atoms with Crippen LogP contribution in [0, 0.1) is 11.3 Å². The summed E-state index contributed by atoms with van der Waals surface area (Å²) in [6.07, 6.45) is -0.265. The lowest BCUT2D eigenvalue weighted by molar-refractivity contribution is -0.131. The van der Waals surface area contributed by atoms with E-state index in [0.29, 0.717) is 17.1 Å². The van der Waals surface area contributed by atoms with Gasteiger partial charge in [-0.2, -0.15) is 5.26 Å². The highest BCUT2D eigenvalue weighted by Crippen LogP contribution is 2.47. The van der Waals surface area contributed by atoms with E-state index in [2.05, 4.69) is 6.07 Å². The van der Waals surface area contributed by atoms with Crippen LogP contribution >= 0.6 is 0 Å². The third kappa shape index (κ3) is 1.64. The Balaban J connectivity index is 2.59. The molecule has 2 atom stereocenters. The summed E-state index contributed by atoms with van der Waals surface area (Å²) in [6.45, 7) is 4.96. The maximum Gasteiger partial charge on any atom is 0.308 e. The molecule has 0 N–H and O–H groups in total. The van der Waals surface area contributed by atoms with Crippen LogP contribution in [-0.4, -0.2) is 12.1 Å². The fraction of sp³-hybridized carbons (Fsp3) is 0.385. The fourth-order valence-electron chi connectivity index (χ4n) is 2.02. The summed E-state index contributed by atoms with van der Waals surface area (Å²) in [6, 6.07) is 7.44. The zero-order valence-electron chi connectivity index (χ0n) is 9.98. The van der Waals surface area contributed by atoms with Gasteiger partial charge in [-0.05, 0) is 26.0 Å². The zero-order chi connectivity index (χ0) is 12.6. The molecule has 17 heavy (non-hydrogen) atoms. The highest BCUT2D eigenvalue weighted by atomic mass is 16.5. The van der Waals surface area contributed by atoms with Crippen molar-refractivity contribution in [1.29, 1.82) is 5.26 Å². The van der Waals surface area contributed by atoms with Gasteiger partial charge in [0.15, 0.2) is 0 Å². The van der Waals surface area contributed by atoms with Crippen LogP contribution in [0.15, 0.2) is 18.2 Å². The Bertz CT molecular complexity index is 518. The largest absolute Gasteiger partial charge is 0.488 e. The van der Waals surface area contributed by atoms with Crippen LogP contribution < -0.4 is 9.47 Å². The minimum atomic E-state index is -0.790.